The summed E-state index contributed by atoms with van der Waals surface area (Å²) in [4.78, 5) is -0.720. The van der Waals surface area contributed by atoms with E-state index in [2.05, 4.69) is 15.9 Å². The first-order valence-electron chi connectivity index (χ1n) is 5.72. The van der Waals surface area contributed by atoms with E-state index in [0.717, 1.165) is 18.2 Å². The molecule has 1 aromatic rings. The minimum atomic E-state index is -6.94. The molecule has 1 aromatic carbocycles. The van der Waals surface area contributed by atoms with Crippen molar-refractivity contribution in [3.8, 4) is 6.07 Å². The minimum Gasteiger partial charge on any atom is -0.198 e. The quantitative estimate of drug-likeness (QED) is 0.407. The zero-order valence-corrected chi connectivity index (χ0v) is 13.5. The van der Waals surface area contributed by atoms with Gasteiger partial charge in [-0.3, -0.25) is 0 Å². The molecule has 0 aliphatic carbocycles. The van der Waals surface area contributed by atoms with E-state index in [1.165, 1.54) is 6.07 Å². The summed E-state index contributed by atoms with van der Waals surface area (Å²) in [6.07, 6.45) is -7.41. The fourth-order valence-corrected chi connectivity index (χ4v) is 2.77. The van der Waals surface area contributed by atoms with Gasteiger partial charge in [-0.1, -0.05) is 15.9 Å². The molecule has 0 amide bonds. The third kappa shape index (κ3) is 3.77. The molecule has 0 bridgehead atoms. The standard InChI is InChI=1S/C12H5BrF9NS/c13-7-1-2-8(6(5-7)3-4-23)24-12(21,22)10(16,17)9(14,15)11(18,19)20/h1-2,5H,3H2. The maximum absolute atomic E-state index is 13.6. The van der Waals surface area contributed by atoms with E-state index in [-0.39, 0.29) is 10.0 Å². The van der Waals surface area contributed by atoms with Gasteiger partial charge in [-0.05, 0) is 35.5 Å². The summed E-state index contributed by atoms with van der Waals surface area (Å²) < 4.78 is 116. The van der Waals surface area contributed by atoms with Crippen molar-refractivity contribution in [2.75, 3.05) is 0 Å². The Morgan fingerprint density at radius 2 is 1.50 bits per heavy atom. The number of alkyl halides is 9. The van der Waals surface area contributed by atoms with Gasteiger partial charge in [-0.25, -0.2) is 0 Å². The molecule has 0 aliphatic rings. The van der Waals surface area contributed by atoms with Crippen LogP contribution in [0.25, 0.3) is 0 Å². The van der Waals surface area contributed by atoms with Crippen LogP contribution < -0.4 is 0 Å². The number of halogens is 10. The highest BCUT2D eigenvalue weighted by molar-refractivity contribution is 9.10. The Bertz CT molecular complexity index is 651. The van der Waals surface area contributed by atoms with Crippen molar-refractivity contribution in [3.63, 3.8) is 0 Å². The number of thioether (sulfide) groups is 1. The highest BCUT2D eigenvalue weighted by atomic mass is 79.9. The van der Waals surface area contributed by atoms with E-state index >= 15 is 0 Å². The van der Waals surface area contributed by atoms with Crippen molar-refractivity contribution in [2.24, 2.45) is 0 Å². The van der Waals surface area contributed by atoms with E-state index in [1.54, 1.807) is 0 Å². The van der Waals surface area contributed by atoms with Gasteiger partial charge in [0, 0.05) is 9.37 Å². The fraction of sp³-hybridized carbons (Fsp3) is 0.417. The molecule has 134 valence electrons. The summed E-state index contributed by atoms with van der Waals surface area (Å²) >= 11 is 1.76. The Labute approximate surface area is 141 Å². The molecule has 0 radical (unpaired) electrons. The number of hydrogen-bond donors (Lipinski definition) is 0. The predicted octanol–water partition coefficient (Wildman–Crippen LogP) is 6.03. The molecule has 24 heavy (non-hydrogen) atoms. The summed E-state index contributed by atoms with van der Waals surface area (Å²) in [6.45, 7) is 0. The van der Waals surface area contributed by atoms with Crippen molar-refractivity contribution in [1.82, 2.24) is 0 Å². The van der Waals surface area contributed by atoms with E-state index in [9.17, 15) is 39.5 Å². The van der Waals surface area contributed by atoms with Crippen LogP contribution >= 0.6 is 27.7 Å². The Morgan fingerprint density at radius 1 is 0.958 bits per heavy atom. The van der Waals surface area contributed by atoms with Crippen molar-refractivity contribution in [2.45, 2.75) is 34.6 Å². The van der Waals surface area contributed by atoms with Crippen LogP contribution in [0, 0.1) is 11.3 Å². The molecule has 0 N–H and O–H groups in total. The number of hydrogen-bond acceptors (Lipinski definition) is 2. The van der Waals surface area contributed by atoms with E-state index in [1.807, 2.05) is 0 Å². The molecular weight excluding hydrogens is 441 g/mol. The summed E-state index contributed by atoms with van der Waals surface area (Å²) in [6, 6.07) is 4.51. The Balaban J connectivity index is 3.29. The Kier molecular flexibility index (Phi) is 5.82. The lowest BCUT2D eigenvalue weighted by molar-refractivity contribution is -0.381. The molecular formula is C12H5BrF9NS. The minimum absolute atomic E-state index is 0.234. The predicted molar refractivity (Wildman–Crippen MR) is 70.2 cm³/mol. The van der Waals surface area contributed by atoms with Crippen molar-refractivity contribution >= 4 is 27.7 Å². The van der Waals surface area contributed by atoms with E-state index in [0.29, 0.717) is 0 Å². The highest BCUT2D eigenvalue weighted by Crippen LogP contribution is 2.58. The van der Waals surface area contributed by atoms with E-state index in [4.69, 9.17) is 5.26 Å². The molecule has 0 saturated carbocycles. The fourth-order valence-electron chi connectivity index (χ4n) is 1.43. The molecule has 0 fully saturated rings. The SMILES string of the molecule is N#CCc1cc(Br)ccc1SC(F)(F)C(F)(F)C(F)(F)C(F)(F)F. The smallest absolute Gasteiger partial charge is 0.198 e. The van der Waals surface area contributed by atoms with Crippen molar-refractivity contribution < 1.29 is 39.5 Å². The second-order valence-electron chi connectivity index (χ2n) is 4.35. The average molecular weight is 446 g/mol. The van der Waals surface area contributed by atoms with Crippen LogP contribution in [-0.4, -0.2) is 23.3 Å². The molecule has 0 spiro atoms. The molecule has 12 heteroatoms. The van der Waals surface area contributed by atoms with Gasteiger partial charge in [-0.2, -0.15) is 44.8 Å². The maximum atomic E-state index is 13.6. The van der Waals surface area contributed by atoms with Gasteiger partial charge in [0.1, 0.15) is 0 Å². The first kappa shape index (κ1) is 21.0. The second kappa shape index (κ2) is 6.67. The largest absolute Gasteiger partial charge is 0.460 e. The monoisotopic (exact) mass is 445 g/mol. The molecule has 1 nitrogen and oxygen atoms in total. The summed E-state index contributed by atoms with van der Waals surface area (Å²) in [7, 11) is 0. The molecule has 0 atom stereocenters. The molecule has 1 rings (SSSR count). The van der Waals surface area contributed by atoms with Crippen LogP contribution in [0.3, 0.4) is 0 Å². The number of nitrogens with zero attached hydrogens (tertiary/aromatic N) is 1. The zero-order valence-electron chi connectivity index (χ0n) is 11.1. The molecule has 0 aromatic heterocycles. The first-order valence-corrected chi connectivity index (χ1v) is 7.33. The van der Waals surface area contributed by atoms with Gasteiger partial charge >= 0.3 is 23.3 Å². The molecule has 0 heterocycles. The molecule has 0 aliphatic heterocycles. The van der Waals surface area contributed by atoms with Gasteiger partial charge in [-0.15, -0.1) is 0 Å². The van der Waals surface area contributed by atoms with Gasteiger partial charge in [0.25, 0.3) is 0 Å². The topological polar surface area (TPSA) is 23.8 Å². The van der Waals surface area contributed by atoms with Gasteiger partial charge < -0.3 is 0 Å². The van der Waals surface area contributed by atoms with Gasteiger partial charge in [0.05, 0.1) is 12.5 Å². The van der Waals surface area contributed by atoms with E-state index < -0.39 is 46.4 Å². The zero-order chi connectivity index (χ0) is 19.0. The lowest BCUT2D eigenvalue weighted by atomic mass is 10.1. The maximum Gasteiger partial charge on any atom is 0.460 e. The summed E-state index contributed by atoms with van der Waals surface area (Å²) in [5, 5.41) is 2.76. The van der Waals surface area contributed by atoms with Crippen LogP contribution in [0.2, 0.25) is 0 Å². The second-order valence-corrected chi connectivity index (χ2v) is 6.42. The van der Waals surface area contributed by atoms with Crippen LogP contribution in [0.15, 0.2) is 27.6 Å². The number of benzene rings is 1. The Morgan fingerprint density at radius 3 is 1.96 bits per heavy atom. The van der Waals surface area contributed by atoms with Crippen LogP contribution in [0.4, 0.5) is 39.5 Å². The first-order chi connectivity index (χ1) is 10.7. The molecule has 0 saturated heterocycles. The molecule has 0 unspecified atom stereocenters. The lowest BCUT2D eigenvalue weighted by Crippen LogP contribution is -2.59. The third-order valence-corrected chi connectivity index (χ3v) is 4.27. The third-order valence-electron chi connectivity index (χ3n) is 2.65. The van der Waals surface area contributed by atoms with Crippen molar-refractivity contribution in [1.29, 1.82) is 5.26 Å². The average Bonchev–Trinajstić information content (AvgIpc) is 2.40. The number of nitriles is 1. The van der Waals surface area contributed by atoms with Gasteiger partial charge in [0.15, 0.2) is 0 Å². The Hall–Kier alpha value is -1.09. The summed E-state index contributed by atoms with van der Waals surface area (Å²) in [5.74, 6) is -13.7. The summed E-state index contributed by atoms with van der Waals surface area (Å²) in [5.41, 5.74) is -0.234. The number of rotatable bonds is 5. The van der Waals surface area contributed by atoms with Crippen molar-refractivity contribution in [3.05, 3.63) is 28.2 Å². The van der Waals surface area contributed by atoms with Crippen LogP contribution in [-0.2, 0) is 6.42 Å². The van der Waals surface area contributed by atoms with Crippen LogP contribution in [0.1, 0.15) is 5.56 Å². The normalized spacial score (nSPS) is 13.7. The van der Waals surface area contributed by atoms with Crippen LogP contribution in [0.5, 0.6) is 0 Å². The highest BCUT2D eigenvalue weighted by Gasteiger charge is 2.82. The van der Waals surface area contributed by atoms with Gasteiger partial charge in [0.2, 0.25) is 0 Å². The lowest BCUT2D eigenvalue weighted by Gasteiger charge is -2.33.